The van der Waals surface area contributed by atoms with Gasteiger partial charge in [-0.05, 0) is 39.0 Å². The minimum atomic E-state index is -0.457. The lowest BCUT2D eigenvalue weighted by atomic mass is 10.3. The van der Waals surface area contributed by atoms with Crippen molar-refractivity contribution in [1.29, 1.82) is 0 Å². The molecule has 100 valence electrons. The van der Waals surface area contributed by atoms with Crippen LogP contribution >= 0.6 is 27.3 Å². The Hall–Kier alpha value is -1.67. The van der Waals surface area contributed by atoms with Crippen LogP contribution in [0.25, 0.3) is 0 Å². The second-order valence-corrected chi connectivity index (χ2v) is 6.24. The minimum absolute atomic E-state index is 0.0500. The highest BCUT2D eigenvalue weighted by molar-refractivity contribution is 9.11. The first-order valence-corrected chi connectivity index (χ1v) is 6.99. The second-order valence-electron chi connectivity index (χ2n) is 3.95. The van der Waals surface area contributed by atoms with Crippen molar-refractivity contribution < 1.29 is 4.92 Å². The summed E-state index contributed by atoms with van der Waals surface area (Å²) in [5.74, 6) is 0.534. The molecule has 0 unspecified atom stereocenters. The van der Waals surface area contributed by atoms with Crippen molar-refractivity contribution in [2.45, 2.75) is 6.54 Å². The van der Waals surface area contributed by atoms with E-state index in [-0.39, 0.29) is 17.3 Å². The Bertz CT molecular complexity index is 616. The van der Waals surface area contributed by atoms with Crippen LogP contribution < -0.4 is 10.6 Å². The monoisotopic (exact) mass is 342 g/mol. The predicted molar refractivity (Wildman–Crippen MR) is 79.4 cm³/mol. The van der Waals surface area contributed by atoms with E-state index in [2.05, 4.69) is 20.9 Å². The van der Waals surface area contributed by atoms with Gasteiger partial charge in [0.1, 0.15) is 5.82 Å². The van der Waals surface area contributed by atoms with Gasteiger partial charge in [-0.15, -0.1) is 11.3 Å². The number of hydrogen-bond donors (Lipinski definition) is 1. The van der Waals surface area contributed by atoms with Crippen molar-refractivity contribution in [3.05, 3.63) is 43.0 Å². The summed E-state index contributed by atoms with van der Waals surface area (Å²) in [4.78, 5) is 16.3. The molecular weight excluding hydrogens is 332 g/mol. The zero-order valence-electron chi connectivity index (χ0n) is 10.0. The summed E-state index contributed by atoms with van der Waals surface area (Å²) in [6.45, 7) is 0.527. The van der Waals surface area contributed by atoms with Gasteiger partial charge in [0.05, 0.1) is 8.71 Å². The summed E-state index contributed by atoms with van der Waals surface area (Å²) in [5, 5.41) is 13.0. The number of nitrogens with two attached hydrogens (primary N) is 1. The summed E-state index contributed by atoms with van der Waals surface area (Å²) in [6, 6.07) is 4.77. The number of aromatic nitrogens is 1. The molecule has 2 heterocycles. The number of nitrogens with zero attached hydrogens (tertiary/aromatic N) is 3. The van der Waals surface area contributed by atoms with Gasteiger partial charge in [-0.3, -0.25) is 10.1 Å². The fourth-order valence-corrected chi connectivity index (χ4v) is 2.86. The van der Waals surface area contributed by atoms with E-state index >= 15 is 0 Å². The first-order valence-electron chi connectivity index (χ1n) is 5.32. The van der Waals surface area contributed by atoms with Crippen molar-refractivity contribution in [2.75, 3.05) is 17.7 Å². The first-order chi connectivity index (χ1) is 8.97. The fourth-order valence-electron chi connectivity index (χ4n) is 1.66. The minimum Gasteiger partial charge on any atom is -0.384 e. The molecule has 0 aliphatic rings. The largest absolute Gasteiger partial charge is 0.384 e. The van der Waals surface area contributed by atoms with Crippen LogP contribution in [0.5, 0.6) is 0 Å². The highest BCUT2D eigenvalue weighted by atomic mass is 79.9. The molecule has 0 fully saturated rings. The molecule has 0 atom stereocenters. The van der Waals surface area contributed by atoms with Crippen LogP contribution in [0.4, 0.5) is 17.3 Å². The number of hydrogen-bond acceptors (Lipinski definition) is 6. The standard InChI is InChI=1S/C11H11BrN4O2S/c1-15(5-7-4-9(12)19-6-7)11-8(16(17)18)2-3-10(13)14-11/h2-4,6H,5H2,1H3,(H2,13,14). The Morgan fingerprint density at radius 3 is 2.89 bits per heavy atom. The topological polar surface area (TPSA) is 85.3 Å². The zero-order chi connectivity index (χ0) is 14.0. The van der Waals surface area contributed by atoms with E-state index in [4.69, 9.17) is 5.73 Å². The van der Waals surface area contributed by atoms with E-state index < -0.39 is 4.92 Å². The molecule has 0 radical (unpaired) electrons. The average Bonchev–Trinajstić information content (AvgIpc) is 2.74. The van der Waals surface area contributed by atoms with Crippen LogP contribution in [0.3, 0.4) is 0 Å². The second kappa shape index (κ2) is 5.54. The molecule has 2 aromatic heterocycles. The lowest BCUT2D eigenvalue weighted by Gasteiger charge is -2.17. The van der Waals surface area contributed by atoms with Gasteiger partial charge in [0, 0.05) is 19.7 Å². The average molecular weight is 343 g/mol. The maximum absolute atomic E-state index is 11.0. The van der Waals surface area contributed by atoms with Crippen molar-refractivity contribution in [3.8, 4) is 0 Å². The van der Waals surface area contributed by atoms with Crippen LogP contribution in [-0.2, 0) is 6.54 Å². The number of anilines is 2. The van der Waals surface area contributed by atoms with Gasteiger partial charge in [-0.25, -0.2) is 4.98 Å². The molecule has 0 spiro atoms. The summed E-state index contributed by atoms with van der Waals surface area (Å²) >= 11 is 4.95. The van der Waals surface area contributed by atoms with Gasteiger partial charge < -0.3 is 10.6 Å². The van der Waals surface area contributed by atoms with Crippen molar-refractivity contribution >= 4 is 44.6 Å². The highest BCUT2D eigenvalue weighted by Gasteiger charge is 2.19. The summed E-state index contributed by atoms with van der Waals surface area (Å²) < 4.78 is 1.02. The molecule has 0 amide bonds. The molecule has 0 aliphatic carbocycles. The number of pyridine rings is 1. The van der Waals surface area contributed by atoms with Crippen LogP contribution in [0, 0.1) is 10.1 Å². The molecule has 8 heteroatoms. The maximum Gasteiger partial charge on any atom is 0.311 e. The van der Waals surface area contributed by atoms with Crippen molar-refractivity contribution in [3.63, 3.8) is 0 Å². The highest BCUT2D eigenvalue weighted by Crippen LogP contribution is 2.28. The number of nitrogen functional groups attached to an aromatic ring is 1. The van der Waals surface area contributed by atoms with Crippen LogP contribution in [-0.4, -0.2) is 17.0 Å². The van der Waals surface area contributed by atoms with Gasteiger partial charge in [0.25, 0.3) is 0 Å². The zero-order valence-corrected chi connectivity index (χ0v) is 12.4. The summed E-state index contributed by atoms with van der Waals surface area (Å²) in [6.07, 6.45) is 0. The Balaban J connectivity index is 2.29. The van der Waals surface area contributed by atoms with E-state index in [0.29, 0.717) is 6.54 Å². The lowest BCUT2D eigenvalue weighted by Crippen LogP contribution is -2.19. The third-order valence-corrected chi connectivity index (χ3v) is 4.03. The maximum atomic E-state index is 11.0. The quantitative estimate of drug-likeness (QED) is 0.681. The van der Waals surface area contributed by atoms with Crippen molar-refractivity contribution in [2.24, 2.45) is 0 Å². The molecule has 0 saturated heterocycles. The third-order valence-electron chi connectivity index (χ3n) is 2.48. The van der Waals surface area contributed by atoms with Crippen LogP contribution in [0.2, 0.25) is 0 Å². The molecule has 0 bridgehead atoms. The number of thiophene rings is 1. The van der Waals surface area contributed by atoms with E-state index in [1.807, 2.05) is 11.4 Å². The fraction of sp³-hybridized carbons (Fsp3) is 0.182. The predicted octanol–water partition coefficient (Wildman–Crippen LogP) is 3.03. The molecule has 0 aromatic carbocycles. The Morgan fingerprint density at radius 2 is 2.32 bits per heavy atom. The molecule has 0 aliphatic heterocycles. The summed E-state index contributed by atoms with van der Waals surface area (Å²) in [7, 11) is 1.75. The van der Waals surface area contributed by atoms with Crippen LogP contribution in [0.1, 0.15) is 5.56 Å². The van der Waals surface area contributed by atoms with Gasteiger partial charge in [0.15, 0.2) is 0 Å². The Kier molecular flexibility index (Phi) is 4.01. The lowest BCUT2D eigenvalue weighted by molar-refractivity contribution is -0.384. The number of nitro groups is 1. The van der Waals surface area contributed by atoms with Crippen molar-refractivity contribution in [1.82, 2.24) is 4.98 Å². The van der Waals surface area contributed by atoms with Gasteiger partial charge in [-0.1, -0.05) is 0 Å². The molecule has 19 heavy (non-hydrogen) atoms. The molecule has 2 aromatic rings. The SMILES string of the molecule is CN(Cc1csc(Br)c1)c1nc(N)ccc1[N+](=O)[O-]. The van der Waals surface area contributed by atoms with E-state index in [1.54, 1.807) is 23.3 Å². The molecule has 0 saturated carbocycles. The van der Waals surface area contributed by atoms with Gasteiger partial charge in [0.2, 0.25) is 5.82 Å². The Morgan fingerprint density at radius 1 is 1.58 bits per heavy atom. The van der Waals surface area contributed by atoms with Crippen LogP contribution in [0.15, 0.2) is 27.4 Å². The Labute approximate surface area is 122 Å². The smallest absolute Gasteiger partial charge is 0.311 e. The summed E-state index contributed by atoms with van der Waals surface area (Å²) in [5.41, 5.74) is 6.60. The molecule has 2 N–H and O–H groups in total. The first kappa shape index (κ1) is 13.8. The van der Waals surface area contributed by atoms with Gasteiger partial charge >= 0.3 is 5.69 Å². The third kappa shape index (κ3) is 3.21. The molecular formula is C11H11BrN4O2S. The number of rotatable bonds is 4. The van der Waals surface area contributed by atoms with E-state index in [1.165, 1.54) is 12.1 Å². The normalized spacial score (nSPS) is 10.4. The van der Waals surface area contributed by atoms with E-state index in [0.717, 1.165) is 9.35 Å². The molecule has 2 rings (SSSR count). The van der Waals surface area contributed by atoms with Gasteiger partial charge in [-0.2, -0.15) is 0 Å². The number of halogens is 1. The molecule has 6 nitrogen and oxygen atoms in total. The van der Waals surface area contributed by atoms with E-state index in [9.17, 15) is 10.1 Å².